The summed E-state index contributed by atoms with van der Waals surface area (Å²) in [7, 11) is 2.01. The van der Waals surface area contributed by atoms with Crippen LogP contribution in [-0.4, -0.2) is 26.3 Å². The molecular weight excluding hydrogens is 150 g/mol. The molecule has 0 unspecified atom stereocenters. The van der Waals surface area contributed by atoms with Gasteiger partial charge in [-0.25, -0.2) is 0 Å². The van der Waals surface area contributed by atoms with Gasteiger partial charge < -0.3 is 10.1 Å². The molecule has 1 atom stereocenters. The average molecular weight is 171 g/mol. The molecule has 0 bridgehead atoms. The Kier molecular flexibility index (Phi) is 3.53. The number of hydrogen-bond donors (Lipinski definition) is 1. The molecule has 0 aliphatic carbocycles. The minimum absolute atomic E-state index is 0.379. The van der Waals surface area contributed by atoms with Crippen LogP contribution in [0, 0.1) is 5.41 Å². The zero-order chi connectivity index (χ0) is 9.03. The summed E-state index contributed by atoms with van der Waals surface area (Å²) in [5, 5.41) is 3.23. The molecule has 0 aromatic heterocycles. The molecular formula is C10H21NO. The third-order valence-corrected chi connectivity index (χ3v) is 2.46. The van der Waals surface area contributed by atoms with Crippen LogP contribution in [0.5, 0.6) is 0 Å². The second kappa shape index (κ2) is 4.24. The molecule has 0 aromatic carbocycles. The Labute approximate surface area is 75.7 Å². The lowest BCUT2D eigenvalue weighted by Crippen LogP contribution is -2.30. The lowest BCUT2D eigenvalue weighted by Gasteiger charge is -2.27. The number of rotatable bonds is 4. The summed E-state index contributed by atoms with van der Waals surface area (Å²) in [6.45, 7) is 6.64. The van der Waals surface area contributed by atoms with E-state index in [0.717, 1.165) is 13.2 Å². The fourth-order valence-corrected chi connectivity index (χ4v) is 1.97. The average Bonchev–Trinajstić information content (AvgIpc) is 2.38. The van der Waals surface area contributed by atoms with Gasteiger partial charge in [0.2, 0.25) is 0 Å². The van der Waals surface area contributed by atoms with E-state index in [1.54, 1.807) is 0 Å². The first-order chi connectivity index (χ1) is 5.64. The SMILES string of the molecule is CNCC(C)(C)C[C@@H]1CCCO1. The van der Waals surface area contributed by atoms with Gasteiger partial charge in [-0.2, -0.15) is 0 Å². The Morgan fingerprint density at radius 2 is 2.25 bits per heavy atom. The lowest BCUT2D eigenvalue weighted by molar-refractivity contribution is 0.0718. The molecule has 0 aromatic rings. The Morgan fingerprint density at radius 1 is 1.50 bits per heavy atom. The van der Waals surface area contributed by atoms with Crippen LogP contribution >= 0.6 is 0 Å². The first kappa shape index (κ1) is 10.0. The van der Waals surface area contributed by atoms with Gasteiger partial charge in [0.25, 0.3) is 0 Å². The highest BCUT2D eigenvalue weighted by atomic mass is 16.5. The fourth-order valence-electron chi connectivity index (χ4n) is 1.97. The van der Waals surface area contributed by atoms with E-state index < -0.39 is 0 Å². The molecule has 72 valence electrons. The van der Waals surface area contributed by atoms with Gasteiger partial charge in [-0.1, -0.05) is 13.8 Å². The molecule has 2 heteroatoms. The molecule has 1 aliphatic rings. The van der Waals surface area contributed by atoms with Crippen LogP contribution < -0.4 is 5.32 Å². The van der Waals surface area contributed by atoms with Crippen molar-refractivity contribution in [1.29, 1.82) is 0 Å². The highest BCUT2D eigenvalue weighted by molar-refractivity contribution is 4.77. The molecule has 1 heterocycles. The van der Waals surface area contributed by atoms with Crippen molar-refractivity contribution < 1.29 is 4.74 Å². The smallest absolute Gasteiger partial charge is 0.0581 e. The van der Waals surface area contributed by atoms with E-state index in [1.807, 2.05) is 7.05 Å². The van der Waals surface area contributed by atoms with E-state index in [0.29, 0.717) is 11.5 Å². The van der Waals surface area contributed by atoms with Crippen molar-refractivity contribution in [3.63, 3.8) is 0 Å². The molecule has 0 amide bonds. The van der Waals surface area contributed by atoms with E-state index in [2.05, 4.69) is 19.2 Å². The Balaban J connectivity index is 2.27. The van der Waals surface area contributed by atoms with Crippen LogP contribution in [0.2, 0.25) is 0 Å². The van der Waals surface area contributed by atoms with Gasteiger partial charge in [-0.15, -0.1) is 0 Å². The van der Waals surface area contributed by atoms with Crippen molar-refractivity contribution in [2.75, 3.05) is 20.2 Å². The van der Waals surface area contributed by atoms with E-state index >= 15 is 0 Å². The second-order valence-corrected chi connectivity index (χ2v) is 4.53. The summed E-state index contributed by atoms with van der Waals surface area (Å²) >= 11 is 0. The van der Waals surface area contributed by atoms with Crippen LogP contribution in [0.3, 0.4) is 0 Å². The van der Waals surface area contributed by atoms with Crippen LogP contribution in [0.15, 0.2) is 0 Å². The minimum atomic E-state index is 0.379. The van der Waals surface area contributed by atoms with Gasteiger partial charge in [-0.05, 0) is 31.7 Å². The van der Waals surface area contributed by atoms with E-state index in [4.69, 9.17) is 4.74 Å². The van der Waals surface area contributed by atoms with Crippen molar-refractivity contribution in [3.05, 3.63) is 0 Å². The summed E-state index contributed by atoms with van der Waals surface area (Å²) in [6, 6.07) is 0. The molecule has 2 nitrogen and oxygen atoms in total. The highest BCUT2D eigenvalue weighted by Gasteiger charge is 2.25. The number of ether oxygens (including phenoxy) is 1. The van der Waals surface area contributed by atoms with Gasteiger partial charge in [0.1, 0.15) is 0 Å². The molecule has 12 heavy (non-hydrogen) atoms. The molecule has 1 saturated heterocycles. The number of nitrogens with one attached hydrogen (secondary N) is 1. The normalized spacial score (nSPS) is 24.8. The fraction of sp³-hybridized carbons (Fsp3) is 1.00. The predicted molar refractivity (Wildman–Crippen MR) is 51.3 cm³/mol. The molecule has 1 aliphatic heterocycles. The van der Waals surface area contributed by atoms with E-state index in [1.165, 1.54) is 19.3 Å². The van der Waals surface area contributed by atoms with Gasteiger partial charge in [0.15, 0.2) is 0 Å². The third-order valence-electron chi connectivity index (χ3n) is 2.46. The van der Waals surface area contributed by atoms with Gasteiger partial charge >= 0.3 is 0 Å². The summed E-state index contributed by atoms with van der Waals surface area (Å²) < 4.78 is 5.61. The quantitative estimate of drug-likeness (QED) is 0.696. The van der Waals surface area contributed by atoms with Crippen molar-refractivity contribution in [1.82, 2.24) is 5.32 Å². The van der Waals surface area contributed by atoms with Crippen molar-refractivity contribution in [2.24, 2.45) is 5.41 Å². The van der Waals surface area contributed by atoms with Crippen molar-refractivity contribution in [3.8, 4) is 0 Å². The second-order valence-electron chi connectivity index (χ2n) is 4.53. The maximum absolute atomic E-state index is 5.61. The monoisotopic (exact) mass is 171 g/mol. The standard InChI is InChI=1S/C10H21NO/c1-10(2,8-11-3)7-9-5-4-6-12-9/h9,11H,4-8H2,1-3H3/t9-/m0/s1. The van der Waals surface area contributed by atoms with Crippen molar-refractivity contribution in [2.45, 2.75) is 39.2 Å². The van der Waals surface area contributed by atoms with Crippen LogP contribution in [0.4, 0.5) is 0 Å². The maximum atomic E-state index is 5.61. The Hall–Kier alpha value is -0.0800. The first-order valence-corrected chi connectivity index (χ1v) is 4.90. The largest absolute Gasteiger partial charge is 0.378 e. The van der Waals surface area contributed by atoms with E-state index in [9.17, 15) is 0 Å². The first-order valence-electron chi connectivity index (χ1n) is 4.90. The molecule has 0 saturated carbocycles. The summed E-state index contributed by atoms with van der Waals surface area (Å²) in [5.74, 6) is 0. The zero-order valence-electron chi connectivity index (χ0n) is 8.52. The summed E-state index contributed by atoms with van der Waals surface area (Å²) in [4.78, 5) is 0. The summed E-state index contributed by atoms with van der Waals surface area (Å²) in [5.41, 5.74) is 0.379. The minimum Gasteiger partial charge on any atom is -0.378 e. The molecule has 0 spiro atoms. The topological polar surface area (TPSA) is 21.3 Å². The Morgan fingerprint density at radius 3 is 2.75 bits per heavy atom. The zero-order valence-corrected chi connectivity index (χ0v) is 8.52. The molecule has 1 N–H and O–H groups in total. The third kappa shape index (κ3) is 3.11. The molecule has 1 rings (SSSR count). The molecule has 1 fully saturated rings. The highest BCUT2D eigenvalue weighted by Crippen LogP contribution is 2.27. The Bertz CT molecular complexity index is 128. The van der Waals surface area contributed by atoms with Crippen molar-refractivity contribution >= 4 is 0 Å². The lowest BCUT2D eigenvalue weighted by atomic mass is 9.86. The maximum Gasteiger partial charge on any atom is 0.0581 e. The van der Waals surface area contributed by atoms with Crippen LogP contribution in [0.1, 0.15) is 33.1 Å². The predicted octanol–water partition coefficient (Wildman–Crippen LogP) is 1.80. The van der Waals surface area contributed by atoms with Crippen LogP contribution in [0.25, 0.3) is 0 Å². The van der Waals surface area contributed by atoms with Gasteiger partial charge in [0.05, 0.1) is 6.10 Å². The summed E-state index contributed by atoms with van der Waals surface area (Å²) in [6.07, 6.45) is 4.22. The van der Waals surface area contributed by atoms with Gasteiger partial charge in [0, 0.05) is 13.2 Å². The number of hydrogen-bond acceptors (Lipinski definition) is 2. The van der Waals surface area contributed by atoms with Gasteiger partial charge in [-0.3, -0.25) is 0 Å². The van der Waals surface area contributed by atoms with E-state index in [-0.39, 0.29) is 0 Å². The molecule has 0 radical (unpaired) electrons. The van der Waals surface area contributed by atoms with Crippen LogP contribution in [-0.2, 0) is 4.74 Å².